The van der Waals surface area contributed by atoms with E-state index in [9.17, 15) is 30.1 Å². The van der Waals surface area contributed by atoms with Gasteiger partial charge in [0, 0.05) is 24.7 Å². The van der Waals surface area contributed by atoms with Crippen LogP contribution in [0.4, 0.5) is 17.1 Å². The number of carboxylic acids is 1. The van der Waals surface area contributed by atoms with Crippen LogP contribution in [-0.4, -0.2) is 34.0 Å². The molecule has 0 aliphatic rings. The summed E-state index contributed by atoms with van der Waals surface area (Å²) in [5, 5.41) is 32.7. The lowest BCUT2D eigenvalue weighted by atomic mass is 9.92. The Hall–Kier alpha value is -2.71. The SMILES string of the molecule is CCCN(CCC)c1c([N+](=O)[O-])cc(C(=O)O)c(C(C)C)c1[N+](=O)[O-]. The molecule has 0 radical (unpaired) electrons. The molecule has 0 aromatic heterocycles. The third kappa shape index (κ3) is 4.23. The molecule has 138 valence electrons. The summed E-state index contributed by atoms with van der Waals surface area (Å²) < 4.78 is 0. The molecule has 1 aromatic carbocycles. The van der Waals surface area contributed by atoms with Crippen LogP contribution in [0.25, 0.3) is 0 Å². The van der Waals surface area contributed by atoms with Crippen LogP contribution >= 0.6 is 0 Å². The molecule has 0 amide bonds. The monoisotopic (exact) mass is 353 g/mol. The number of carboxylic acid groups (broad SMARTS) is 1. The van der Waals surface area contributed by atoms with Crippen molar-refractivity contribution in [2.24, 2.45) is 0 Å². The quantitative estimate of drug-likeness (QED) is 0.526. The standard InChI is InChI=1S/C16H23N3O6/c1-5-7-17(8-6-2)14-12(18(22)23)9-11(16(20)21)13(10(3)4)15(14)19(24)25/h9-10H,5-8H2,1-4H3,(H,20,21). The van der Waals surface area contributed by atoms with Gasteiger partial charge in [0.1, 0.15) is 0 Å². The predicted molar refractivity (Wildman–Crippen MR) is 93.6 cm³/mol. The van der Waals surface area contributed by atoms with Gasteiger partial charge in [-0.25, -0.2) is 4.79 Å². The van der Waals surface area contributed by atoms with Crippen molar-refractivity contribution in [3.05, 3.63) is 37.4 Å². The molecule has 0 saturated heterocycles. The normalized spacial score (nSPS) is 10.8. The van der Waals surface area contributed by atoms with Crippen molar-refractivity contribution in [1.29, 1.82) is 0 Å². The van der Waals surface area contributed by atoms with E-state index in [4.69, 9.17) is 0 Å². The molecule has 0 spiro atoms. The molecule has 25 heavy (non-hydrogen) atoms. The Morgan fingerprint density at radius 1 is 1.16 bits per heavy atom. The third-order valence-corrected chi connectivity index (χ3v) is 3.78. The number of hydrogen-bond acceptors (Lipinski definition) is 6. The van der Waals surface area contributed by atoms with E-state index in [0.29, 0.717) is 25.9 Å². The highest BCUT2D eigenvalue weighted by Crippen LogP contribution is 2.45. The summed E-state index contributed by atoms with van der Waals surface area (Å²) in [4.78, 5) is 35.0. The van der Waals surface area contributed by atoms with Crippen molar-refractivity contribution < 1.29 is 19.7 Å². The highest BCUT2D eigenvalue weighted by atomic mass is 16.6. The first-order valence-electron chi connectivity index (χ1n) is 8.15. The van der Waals surface area contributed by atoms with E-state index in [1.807, 2.05) is 13.8 Å². The van der Waals surface area contributed by atoms with E-state index in [0.717, 1.165) is 6.07 Å². The van der Waals surface area contributed by atoms with Gasteiger partial charge in [0.15, 0.2) is 5.69 Å². The molecule has 0 unspecified atom stereocenters. The number of anilines is 1. The minimum Gasteiger partial charge on any atom is -0.478 e. The average Bonchev–Trinajstić information content (AvgIpc) is 2.51. The van der Waals surface area contributed by atoms with E-state index < -0.39 is 38.7 Å². The van der Waals surface area contributed by atoms with E-state index in [-0.39, 0.29) is 11.3 Å². The number of rotatable bonds is 9. The summed E-state index contributed by atoms with van der Waals surface area (Å²) in [5.74, 6) is -1.89. The van der Waals surface area contributed by atoms with Crippen molar-refractivity contribution >= 4 is 23.0 Å². The molecular formula is C16H23N3O6. The predicted octanol–water partition coefficient (Wildman–Crippen LogP) is 3.95. The number of nitrogens with zero attached hydrogens (tertiary/aromatic N) is 3. The van der Waals surface area contributed by atoms with E-state index in [2.05, 4.69) is 0 Å². The first-order valence-corrected chi connectivity index (χ1v) is 8.15. The van der Waals surface area contributed by atoms with E-state index in [1.54, 1.807) is 18.7 Å². The van der Waals surface area contributed by atoms with Crippen LogP contribution in [0.5, 0.6) is 0 Å². The van der Waals surface area contributed by atoms with Crippen molar-refractivity contribution in [2.45, 2.75) is 46.5 Å². The number of aromatic carboxylic acids is 1. The summed E-state index contributed by atoms with van der Waals surface area (Å²) in [7, 11) is 0. The van der Waals surface area contributed by atoms with Crippen molar-refractivity contribution in [3.63, 3.8) is 0 Å². The Kier molecular flexibility index (Phi) is 6.84. The fourth-order valence-corrected chi connectivity index (χ4v) is 2.93. The van der Waals surface area contributed by atoms with Crippen LogP contribution in [0.1, 0.15) is 62.4 Å². The topological polar surface area (TPSA) is 127 Å². The first kappa shape index (κ1) is 20.3. The van der Waals surface area contributed by atoms with Gasteiger partial charge in [-0.05, 0) is 18.8 Å². The van der Waals surface area contributed by atoms with Crippen molar-refractivity contribution in [1.82, 2.24) is 0 Å². The van der Waals surface area contributed by atoms with Gasteiger partial charge in [-0.3, -0.25) is 20.2 Å². The second-order valence-electron chi connectivity index (χ2n) is 6.02. The Morgan fingerprint density at radius 2 is 1.68 bits per heavy atom. The molecule has 9 heteroatoms. The number of benzene rings is 1. The van der Waals surface area contributed by atoms with Crippen LogP contribution in [0.2, 0.25) is 0 Å². The molecule has 0 aliphatic heterocycles. The van der Waals surface area contributed by atoms with Crippen LogP contribution in [0.15, 0.2) is 6.07 Å². The zero-order valence-corrected chi connectivity index (χ0v) is 14.8. The summed E-state index contributed by atoms with van der Waals surface area (Å²) >= 11 is 0. The summed E-state index contributed by atoms with van der Waals surface area (Å²) in [6.45, 7) is 7.81. The zero-order chi connectivity index (χ0) is 19.3. The summed E-state index contributed by atoms with van der Waals surface area (Å²) in [5.41, 5.74) is -1.52. The van der Waals surface area contributed by atoms with Gasteiger partial charge in [-0.15, -0.1) is 0 Å². The third-order valence-electron chi connectivity index (χ3n) is 3.78. The van der Waals surface area contributed by atoms with Gasteiger partial charge in [-0.2, -0.15) is 0 Å². The van der Waals surface area contributed by atoms with Gasteiger partial charge in [0.05, 0.1) is 15.4 Å². The fraction of sp³-hybridized carbons (Fsp3) is 0.562. The summed E-state index contributed by atoms with van der Waals surface area (Å²) in [6, 6.07) is 0.943. The minimum absolute atomic E-state index is 0.00954. The molecule has 0 atom stereocenters. The largest absolute Gasteiger partial charge is 0.478 e. The summed E-state index contributed by atoms with van der Waals surface area (Å²) in [6.07, 6.45) is 1.29. The molecule has 9 nitrogen and oxygen atoms in total. The molecule has 1 N–H and O–H groups in total. The van der Waals surface area contributed by atoms with E-state index in [1.165, 1.54) is 0 Å². The van der Waals surface area contributed by atoms with Crippen LogP contribution in [0, 0.1) is 20.2 Å². The Bertz CT molecular complexity index is 681. The Labute approximate surface area is 145 Å². The maximum atomic E-state index is 11.8. The van der Waals surface area contributed by atoms with Crippen LogP contribution in [-0.2, 0) is 0 Å². The lowest BCUT2D eigenvalue weighted by Gasteiger charge is -2.25. The highest BCUT2D eigenvalue weighted by Gasteiger charge is 2.37. The number of nitro groups is 2. The molecular weight excluding hydrogens is 330 g/mol. The fourth-order valence-electron chi connectivity index (χ4n) is 2.93. The minimum atomic E-state index is -1.42. The molecule has 0 fully saturated rings. The van der Waals surface area contributed by atoms with Gasteiger partial charge in [0.2, 0.25) is 0 Å². The van der Waals surface area contributed by atoms with E-state index >= 15 is 0 Å². The lowest BCUT2D eigenvalue weighted by Crippen LogP contribution is -2.27. The molecule has 0 aliphatic carbocycles. The second-order valence-corrected chi connectivity index (χ2v) is 6.02. The molecule has 0 bridgehead atoms. The van der Waals surface area contributed by atoms with Crippen molar-refractivity contribution in [3.8, 4) is 0 Å². The lowest BCUT2D eigenvalue weighted by molar-refractivity contribution is -0.393. The van der Waals surface area contributed by atoms with Gasteiger partial charge in [-0.1, -0.05) is 27.7 Å². The zero-order valence-electron chi connectivity index (χ0n) is 14.8. The number of carbonyl (C=O) groups is 1. The van der Waals surface area contributed by atoms with Crippen LogP contribution < -0.4 is 4.90 Å². The maximum absolute atomic E-state index is 11.8. The molecule has 0 saturated carbocycles. The molecule has 1 rings (SSSR count). The Morgan fingerprint density at radius 3 is 2.00 bits per heavy atom. The van der Waals surface area contributed by atoms with Gasteiger partial charge < -0.3 is 10.0 Å². The van der Waals surface area contributed by atoms with Gasteiger partial charge in [0.25, 0.3) is 0 Å². The smallest absolute Gasteiger partial charge is 0.336 e. The number of nitro benzene ring substituents is 2. The Balaban J connectivity index is 4.00. The second kappa shape index (κ2) is 8.41. The molecule has 1 aromatic rings. The average molecular weight is 353 g/mol. The van der Waals surface area contributed by atoms with Gasteiger partial charge >= 0.3 is 17.3 Å². The van der Waals surface area contributed by atoms with Crippen molar-refractivity contribution in [2.75, 3.05) is 18.0 Å². The van der Waals surface area contributed by atoms with Crippen LogP contribution in [0.3, 0.4) is 0 Å². The highest BCUT2D eigenvalue weighted by molar-refractivity contribution is 5.95. The first-order chi connectivity index (χ1) is 11.7. The number of hydrogen-bond donors (Lipinski definition) is 1. The molecule has 0 heterocycles. The maximum Gasteiger partial charge on any atom is 0.336 e.